The van der Waals surface area contributed by atoms with E-state index >= 15 is 0 Å². The molecule has 0 spiro atoms. The number of benzene rings is 1. The lowest BCUT2D eigenvalue weighted by Crippen LogP contribution is -2.37. The van der Waals surface area contributed by atoms with Crippen LogP contribution in [0, 0.1) is 0 Å². The number of ether oxygens (including phenoxy) is 2. The number of hydrogen-bond acceptors (Lipinski definition) is 6. The molecule has 134 valence electrons. The Bertz CT molecular complexity index is 762. The zero-order valence-electron chi connectivity index (χ0n) is 14.7. The monoisotopic (exact) mass is 362 g/mol. The summed E-state index contributed by atoms with van der Waals surface area (Å²) in [4.78, 5) is 14.5. The van der Waals surface area contributed by atoms with Crippen molar-refractivity contribution in [1.29, 1.82) is 0 Å². The van der Waals surface area contributed by atoms with Crippen LogP contribution >= 0.6 is 11.8 Å². The molecule has 0 radical (unpaired) electrons. The first-order valence-corrected chi connectivity index (χ1v) is 9.17. The molecule has 1 aliphatic heterocycles. The Morgan fingerprint density at radius 1 is 1.24 bits per heavy atom. The summed E-state index contributed by atoms with van der Waals surface area (Å²) >= 11 is 1.43. The molecule has 25 heavy (non-hydrogen) atoms. The number of rotatable bonds is 6. The van der Waals surface area contributed by atoms with Gasteiger partial charge in [0.25, 0.3) is 0 Å². The minimum absolute atomic E-state index is 0.107. The van der Waals surface area contributed by atoms with Gasteiger partial charge in [0.15, 0.2) is 16.7 Å². The predicted octanol–water partition coefficient (Wildman–Crippen LogP) is 1.99. The maximum absolute atomic E-state index is 12.6. The molecule has 0 saturated carbocycles. The average Bonchev–Trinajstić information content (AvgIpc) is 3.11. The minimum Gasteiger partial charge on any atom is -0.493 e. The van der Waals surface area contributed by atoms with Crippen molar-refractivity contribution in [3.63, 3.8) is 0 Å². The van der Waals surface area contributed by atoms with Crippen LogP contribution in [0.15, 0.2) is 23.6 Å². The summed E-state index contributed by atoms with van der Waals surface area (Å²) in [5.41, 5.74) is 2.32. The Morgan fingerprint density at radius 2 is 1.96 bits per heavy atom. The van der Waals surface area contributed by atoms with Crippen LogP contribution in [-0.4, -0.2) is 52.1 Å². The summed E-state index contributed by atoms with van der Waals surface area (Å²) in [6, 6.07) is 3.98. The van der Waals surface area contributed by atoms with Gasteiger partial charge in [-0.25, -0.2) is 0 Å². The maximum Gasteiger partial charge on any atom is 0.233 e. The maximum atomic E-state index is 12.6. The van der Waals surface area contributed by atoms with Crippen LogP contribution in [-0.2, 0) is 24.3 Å². The highest BCUT2D eigenvalue weighted by Gasteiger charge is 2.23. The first kappa shape index (κ1) is 17.6. The number of carbonyl (C=O) groups excluding carboxylic acids is 1. The second-order valence-electron chi connectivity index (χ2n) is 5.73. The highest BCUT2D eigenvalue weighted by molar-refractivity contribution is 7.99. The van der Waals surface area contributed by atoms with E-state index in [4.69, 9.17) is 9.47 Å². The van der Waals surface area contributed by atoms with Gasteiger partial charge in [0.1, 0.15) is 6.33 Å². The summed E-state index contributed by atoms with van der Waals surface area (Å²) in [5, 5.41) is 8.72. The molecule has 2 heterocycles. The highest BCUT2D eigenvalue weighted by atomic mass is 32.2. The summed E-state index contributed by atoms with van der Waals surface area (Å²) in [6.45, 7) is 4.12. The molecule has 1 aromatic carbocycles. The van der Waals surface area contributed by atoms with E-state index in [0.717, 1.165) is 29.4 Å². The van der Waals surface area contributed by atoms with E-state index in [-0.39, 0.29) is 5.91 Å². The van der Waals surface area contributed by atoms with E-state index in [0.29, 0.717) is 24.6 Å². The number of hydrogen-bond donors (Lipinski definition) is 0. The Morgan fingerprint density at radius 3 is 2.64 bits per heavy atom. The zero-order chi connectivity index (χ0) is 17.8. The van der Waals surface area contributed by atoms with Crippen LogP contribution in [0.3, 0.4) is 0 Å². The molecule has 0 aliphatic carbocycles. The Labute approximate surface area is 151 Å². The first-order chi connectivity index (χ1) is 12.2. The molecule has 0 saturated heterocycles. The smallest absolute Gasteiger partial charge is 0.233 e. The second-order valence-corrected chi connectivity index (χ2v) is 6.67. The number of aryl methyl sites for hydroxylation is 1. The predicted molar refractivity (Wildman–Crippen MR) is 95.1 cm³/mol. The fourth-order valence-electron chi connectivity index (χ4n) is 2.89. The summed E-state index contributed by atoms with van der Waals surface area (Å²) < 4.78 is 12.7. The van der Waals surface area contributed by atoms with Gasteiger partial charge < -0.3 is 18.9 Å². The number of fused-ring (bicyclic) bond motifs is 1. The van der Waals surface area contributed by atoms with Crippen molar-refractivity contribution < 1.29 is 14.3 Å². The van der Waals surface area contributed by atoms with Crippen molar-refractivity contribution in [2.45, 2.75) is 31.6 Å². The van der Waals surface area contributed by atoms with E-state index in [2.05, 4.69) is 10.2 Å². The minimum atomic E-state index is 0.107. The third-order valence-corrected chi connectivity index (χ3v) is 5.28. The van der Waals surface area contributed by atoms with Gasteiger partial charge >= 0.3 is 0 Å². The van der Waals surface area contributed by atoms with Crippen LogP contribution in [0.2, 0.25) is 0 Å². The van der Waals surface area contributed by atoms with Gasteiger partial charge in [-0.2, -0.15) is 0 Å². The fourth-order valence-corrected chi connectivity index (χ4v) is 3.77. The van der Waals surface area contributed by atoms with Crippen molar-refractivity contribution in [3.05, 3.63) is 29.6 Å². The quantitative estimate of drug-likeness (QED) is 0.732. The molecule has 0 N–H and O–H groups in total. The normalized spacial score (nSPS) is 13.5. The largest absolute Gasteiger partial charge is 0.493 e. The number of carbonyl (C=O) groups is 1. The summed E-state index contributed by atoms with van der Waals surface area (Å²) in [7, 11) is 3.26. The van der Waals surface area contributed by atoms with Crippen molar-refractivity contribution in [3.8, 4) is 11.5 Å². The van der Waals surface area contributed by atoms with Crippen LogP contribution < -0.4 is 9.47 Å². The second kappa shape index (κ2) is 7.77. The average molecular weight is 362 g/mol. The molecular weight excluding hydrogens is 340 g/mol. The van der Waals surface area contributed by atoms with Crippen molar-refractivity contribution >= 4 is 17.7 Å². The lowest BCUT2D eigenvalue weighted by atomic mass is 9.99. The van der Waals surface area contributed by atoms with Gasteiger partial charge in [-0.05, 0) is 36.6 Å². The van der Waals surface area contributed by atoms with E-state index in [1.807, 2.05) is 28.5 Å². The van der Waals surface area contributed by atoms with Gasteiger partial charge in [-0.15, -0.1) is 10.2 Å². The number of thioether (sulfide) groups is 1. The topological polar surface area (TPSA) is 69.5 Å². The van der Waals surface area contributed by atoms with Crippen molar-refractivity contribution in [1.82, 2.24) is 19.7 Å². The molecule has 3 rings (SSSR count). The van der Waals surface area contributed by atoms with Crippen molar-refractivity contribution in [2.75, 3.05) is 26.5 Å². The molecule has 0 unspecified atom stereocenters. The van der Waals surface area contributed by atoms with Crippen molar-refractivity contribution in [2.24, 2.45) is 0 Å². The van der Waals surface area contributed by atoms with E-state index in [9.17, 15) is 4.79 Å². The lowest BCUT2D eigenvalue weighted by Gasteiger charge is -2.29. The molecule has 2 aromatic rings. The third kappa shape index (κ3) is 3.73. The fraction of sp³-hybridized carbons (Fsp3) is 0.471. The van der Waals surface area contributed by atoms with Gasteiger partial charge in [-0.1, -0.05) is 11.8 Å². The first-order valence-electron chi connectivity index (χ1n) is 8.18. The molecule has 0 fully saturated rings. The molecular formula is C17H22N4O3S. The van der Waals surface area contributed by atoms with Gasteiger partial charge in [0.05, 0.1) is 20.0 Å². The Balaban J connectivity index is 1.66. The molecule has 1 amide bonds. The molecule has 1 aromatic heterocycles. The summed E-state index contributed by atoms with van der Waals surface area (Å²) in [6.07, 6.45) is 2.50. The van der Waals surface area contributed by atoms with E-state index < -0.39 is 0 Å². The SMILES string of the molecule is CCn1cnnc1SCC(=O)N1CCc2cc(OC)c(OC)cc2C1. The van der Waals surface area contributed by atoms with Crippen LogP contribution in [0.5, 0.6) is 11.5 Å². The number of aromatic nitrogens is 3. The van der Waals surface area contributed by atoms with Crippen LogP contribution in [0.4, 0.5) is 0 Å². The standard InChI is InChI=1S/C17H22N4O3S/c1-4-20-11-18-19-17(20)25-10-16(22)21-6-5-12-7-14(23-2)15(24-3)8-13(12)9-21/h7-8,11H,4-6,9-10H2,1-3H3. The Kier molecular flexibility index (Phi) is 5.47. The third-order valence-electron chi connectivity index (χ3n) is 4.32. The van der Waals surface area contributed by atoms with Gasteiger partial charge in [0.2, 0.25) is 5.91 Å². The van der Waals surface area contributed by atoms with E-state index in [1.165, 1.54) is 17.3 Å². The molecule has 0 bridgehead atoms. The lowest BCUT2D eigenvalue weighted by molar-refractivity contribution is -0.129. The molecule has 8 heteroatoms. The molecule has 0 atom stereocenters. The Hall–Kier alpha value is -2.22. The van der Waals surface area contributed by atoms with Gasteiger partial charge in [0, 0.05) is 19.6 Å². The van der Waals surface area contributed by atoms with E-state index in [1.54, 1.807) is 20.5 Å². The number of nitrogens with zero attached hydrogens (tertiary/aromatic N) is 4. The number of methoxy groups -OCH3 is 2. The zero-order valence-corrected chi connectivity index (χ0v) is 15.5. The molecule has 7 nitrogen and oxygen atoms in total. The van der Waals surface area contributed by atoms with Crippen LogP contribution in [0.1, 0.15) is 18.1 Å². The number of amides is 1. The summed E-state index contributed by atoms with van der Waals surface area (Å²) in [5.74, 6) is 1.90. The van der Waals surface area contributed by atoms with Gasteiger partial charge in [-0.3, -0.25) is 4.79 Å². The molecule has 1 aliphatic rings. The highest BCUT2D eigenvalue weighted by Crippen LogP contribution is 2.33. The van der Waals surface area contributed by atoms with Crippen LogP contribution in [0.25, 0.3) is 0 Å².